The summed E-state index contributed by atoms with van der Waals surface area (Å²) in [5.74, 6) is -0.131. The van der Waals surface area contributed by atoms with Gasteiger partial charge in [0.2, 0.25) is 0 Å². The minimum absolute atomic E-state index is 0.131. The molecule has 0 aliphatic carbocycles. The molecule has 0 aliphatic heterocycles. The summed E-state index contributed by atoms with van der Waals surface area (Å²) in [5, 5.41) is 0. The van der Waals surface area contributed by atoms with Gasteiger partial charge in [0.15, 0.2) is 0 Å². The fourth-order valence-electron chi connectivity index (χ4n) is 6.43. The maximum Gasteiger partial charge on any atom is 0.305 e. The maximum atomic E-state index is 11.9. The standard InChI is InChI=1S/C50H100O14/c1-3-5-7-9-11-13-14-15-16-17-18-20-22-24-50(51)64-49-48-63-47-46-62-45-44-61-43-42-60-41-40-59-39-38-58-37-36-57-35-34-56-33-32-55-31-30-54-29-28-53-27-26-52-25-23-21-19-12-10-8-6-4-2/h3-49H2,1-2H3. The third-order valence-electron chi connectivity index (χ3n) is 10.2. The molecule has 0 radical (unpaired) electrons. The highest BCUT2D eigenvalue weighted by atomic mass is 16.6. The zero-order valence-electron chi connectivity index (χ0n) is 41.4. The summed E-state index contributed by atoms with van der Waals surface area (Å²) in [5.41, 5.74) is 0. The van der Waals surface area contributed by atoms with E-state index in [9.17, 15) is 4.79 Å². The number of carbonyl (C=O) groups is 1. The lowest BCUT2D eigenvalue weighted by atomic mass is 10.0. The van der Waals surface area contributed by atoms with Gasteiger partial charge in [-0.05, 0) is 12.8 Å². The van der Waals surface area contributed by atoms with Crippen molar-refractivity contribution in [3.8, 4) is 0 Å². The van der Waals surface area contributed by atoms with E-state index < -0.39 is 0 Å². The van der Waals surface area contributed by atoms with Crippen LogP contribution in [0, 0.1) is 0 Å². The second-order valence-corrected chi connectivity index (χ2v) is 16.0. The molecule has 384 valence electrons. The van der Waals surface area contributed by atoms with Crippen LogP contribution in [0.5, 0.6) is 0 Å². The number of hydrogen-bond acceptors (Lipinski definition) is 14. The molecule has 0 saturated carbocycles. The molecule has 0 fully saturated rings. The molecule has 0 bridgehead atoms. The molecular formula is C50H100O14. The highest BCUT2D eigenvalue weighted by Crippen LogP contribution is 2.13. The van der Waals surface area contributed by atoms with Crippen LogP contribution < -0.4 is 0 Å². The maximum absolute atomic E-state index is 11.9. The van der Waals surface area contributed by atoms with Crippen LogP contribution in [-0.2, 0) is 66.4 Å². The number of unbranched alkanes of at least 4 members (excludes halogenated alkanes) is 19. The van der Waals surface area contributed by atoms with E-state index in [1.807, 2.05) is 0 Å². The van der Waals surface area contributed by atoms with Gasteiger partial charge in [0, 0.05) is 13.0 Å². The van der Waals surface area contributed by atoms with E-state index in [4.69, 9.17) is 61.6 Å². The highest BCUT2D eigenvalue weighted by Gasteiger charge is 2.03. The average Bonchev–Trinajstić information content (AvgIpc) is 3.30. The number of esters is 1. The summed E-state index contributed by atoms with van der Waals surface area (Å²) < 4.78 is 71.6. The van der Waals surface area contributed by atoms with Gasteiger partial charge >= 0.3 is 5.97 Å². The van der Waals surface area contributed by atoms with Gasteiger partial charge in [-0.1, -0.05) is 136 Å². The van der Waals surface area contributed by atoms with E-state index in [0.717, 1.165) is 25.9 Å². The van der Waals surface area contributed by atoms with Crippen LogP contribution >= 0.6 is 0 Å². The minimum Gasteiger partial charge on any atom is -0.463 e. The summed E-state index contributed by atoms with van der Waals surface area (Å²) in [6.07, 6.45) is 27.8. The lowest BCUT2D eigenvalue weighted by molar-refractivity contribution is -0.145. The van der Waals surface area contributed by atoms with E-state index in [-0.39, 0.29) is 12.6 Å². The molecule has 0 atom stereocenters. The fraction of sp³-hybridized carbons (Fsp3) is 0.980. The van der Waals surface area contributed by atoms with Crippen LogP contribution in [0.1, 0.15) is 155 Å². The highest BCUT2D eigenvalue weighted by molar-refractivity contribution is 5.69. The molecule has 0 amide bonds. The third kappa shape index (κ3) is 59.0. The van der Waals surface area contributed by atoms with Crippen molar-refractivity contribution in [2.24, 2.45) is 0 Å². The van der Waals surface area contributed by atoms with Crippen molar-refractivity contribution in [2.75, 3.05) is 165 Å². The van der Waals surface area contributed by atoms with Gasteiger partial charge in [-0.3, -0.25) is 4.79 Å². The first-order valence-corrected chi connectivity index (χ1v) is 25.9. The molecule has 0 aliphatic rings. The molecule has 0 rings (SSSR count). The van der Waals surface area contributed by atoms with E-state index in [0.29, 0.717) is 158 Å². The predicted octanol–water partition coefficient (Wildman–Crippen LogP) is 9.35. The van der Waals surface area contributed by atoms with Crippen LogP contribution in [0.15, 0.2) is 0 Å². The van der Waals surface area contributed by atoms with Crippen LogP contribution in [0.3, 0.4) is 0 Å². The number of hydrogen-bond donors (Lipinski definition) is 0. The van der Waals surface area contributed by atoms with E-state index >= 15 is 0 Å². The van der Waals surface area contributed by atoms with Crippen molar-refractivity contribution in [1.82, 2.24) is 0 Å². The zero-order valence-corrected chi connectivity index (χ0v) is 41.4. The Morgan fingerprint density at radius 1 is 0.219 bits per heavy atom. The zero-order chi connectivity index (χ0) is 46.0. The minimum atomic E-state index is -0.131. The van der Waals surface area contributed by atoms with Crippen LogP contribution in [0.4, 0.5) is 0 Å². The molecule has 0 heterocycles. The summed E-state index contributed by atoms with van der Waals surface area (Å²) in [6.45, 7) is 17.4. The second kappa shape index (κ2) is 60.0. The molecule has 0 aromatic carbocycles. The predicted molar refractivity (Wildman–Crippen MR) is 254 cm³/mol. The Morgan fingerprint density at radius 2 is 0.406 bits per heavy atom. The molecule has 0 N–H and O–H groups in total. The largest absolute Gasteiger partial charge is 0.463 e. The number of carbonyl (C=O) groups excluding carboxylic acids is 1. The Morgan fingerprint density at radius 3 is 0.656 bits per heavy atom. The van der Waals surface area contributed by atoms with Gasteiger partial charge < -0.3 is 61.6 Å². The van der Waals surface area contributed by atoms with Crippen molar-refractivity contribution in [2.45, 2.75) is 155 Å². The van der Waals surface area contributed by atoms with E-state index in [1.165, 1.54) is 116 Å². The van der Waals surface area contributed by atoms with Gasteiger partial charge in [0.05, 0.1) is 152 Å². The van der Waals surface area contributed by atoms with E-state index in [1.54, 1.807) is 0 Å². The quantitative estimate of drug-likeness (QED) is 0.0423. The molecule has 0 aromatic heterocycles. The number of rotatable bonds is 59. The molecule has 0 spiro atoms. The Hall–Kier alpha value is -1.01. The molecule has 14 nitrogen and oxygen atoms in total. The molecule has 0 unspecified atom stereocenters. The van der Waals surface area contributed by atoms with Gasteiger partial charge in [-0.2, -0.15) is 0 Å². The molecule has 0 saturated heterocycles. The van der Waals surface area contributed by atoms with Crippen LogP contribution in [-0.4, -0.2) is 171 Å². The van der Waals surface area contributed by atoms with Gasteiger partial charge in [-0.25, -0.2) is 0 Å². The first kappa shape index (κ1) is 63.0. The average molecular weight is 925 g/mol. The molecular weight excluding hydrogens is 825 g/mol. The summed E-state index contributed by atoms with van der Waals surface area (Å²) in [7, 11) is 0. The lowest BCUT2D eigenvalue weighted by Crippen LogP contribution is -2.15. The van der Waals surface area contributed by atoms with Crippen molar-refractivity contribution in [3.63, 3.8) is 0 Å². The first-order chi connectivity index (χ1) is 31.8. The van der Waals surface area contributed by atoms with Gasteiger partial charge in [0.1, 0.15) is 6.61 Å². The van der Waals surface area contributed by atoms with Crippen molar-refractivity contribution in [3.05, 3.63) is 0 Å². The SMILES string of the molecule is CCCCCCCCCCCCCCCC(=O)OCCOCCOCCOCCOCCOCCOCCOCCOCCOCCOCCOCCOCCCCCCCCCC. The Bertz CT molecular complexity index is 842. The Labute approximate surface area is 391 Å². The first-order valence-electron chi connectivity index (χ1n) is 25.9. The fourth-order valence-corrected chi connectivity index (χ4v) is 6.43. The van der Waals surface area contributed by atoms with Crippen molar-refractivity contribution < 1.29 is 66.4 Å². The topological polar surface area (TPSA) is 137 Å². The van der Waals surface area contributed by atoms with Crippen LogP contribution in [0.25, 0.3) is 0 Å². The Balaban J connectivity index is 3.11. The summed E-state index contributed by atoms with van der Waals surface area (Å²) in [4.78, 5) is 11.9. The molecule has 64 heavy (non-hydrogen) atoms. The van der Waals surface area contributed by atoms with Gasteiger partial charge in [-0.15, -0.1) is 0 Å². The van der Waals surface area contributed by atoms with E-state index in [2.05, 4.69) is 13.8 Å². The lowest BCUT2D eigenvalue weighted by Gasteiger charge is -2.09. The summed E-state index contributed by atoms with van der Waals surface area (Å²) in [6, 6.07) is 0. The normalized spacial score (nSPS) is 11.6. The third-order valence-corrected chi connectivity index (χ3v) is 10.2. The smallest absolute Gasteiger partial charge is 0.305 e. The monoisotopic (exact) mass is 925 g/mol. The molecule has 0 aromatic rings. The second-order valence-electron chi connectivity index (χ2n) is 16.0. The number of ether oxygens (including phenoxy) is 13. The summed E-state index contributed by atoms with van der Waals surface area (Å²) >= 11 is 0. The van der Waals surface area contributed by atoms with Crippen LogP contribution in [0.2, 0.25) is 0 Å². The Kier molecular flexibility index (Phi) is 59.1. The van der Waals surface area contributed by atoms with Gasteiger partial charge in [0.25, 0.3) is 0 Å². The van der Waals surface area contributed by atoms with Crippen molar-refractivity contribution >= 4 is 5.97 Å². The van der Waals surface area contributed by atoms with Crippen molar-refractivity contribution in [1.29, 1.82) is 0 Å². The molecule has 14 heteroatoms.